The maximum absolute atomic E-state index is 11.9. The summed E-state index contributed by atoms with van der Waals surface area (Å²) in [5.41, 5.74) is 0. The number of hydrogen-bond acceptors (Lipinski definition) is 2. The number of nitrogens with zero attached hydrogens (tertiary/aromatic N) is 1. The summed E-state index contributed by atoms with van der Waals surface area (Å²) in [6.07, 6.45) is -1.44. The fourth-order valence-corrected chi connectivity index (χ4v) is 1.83. The van der Waals surface area contributed by atoms with E-state index in [2.05, 4.69) is 4.90 Å². The van der Waals surface area contributed by atoms with Crippen LogP contribution in [0.1, 0.15) is 26.2 Å². The van der Waals surface area contributed by atoms with Crippen LogP contribution in [0, 0.1) is 0 Å². The third kappa shape index (κ3) is 4.00. The minimum Gasteiger partial charge on any atom is -0.347 e. The molecule has 1 N–H and O–H groups in total. The highest BCUT2D eigenvalue weighted by Crippen LogP contribution is 2.15. The summed E-state index contributed by atoms with van der Waals surface area (Å²) < 4.78 is 35.7. The molecule has 0 aromatic heterocycles. The zero-order valence-electron chi connectivity index (χ0n) is 9.31. The Morgan fingerprint density at radius 2 is 1.88 bits per heavy atom. The van der Waals surface area contributed by atoms with Crippen molar-refractivity contribution in [1.29, 1.82) is 0 Å². The lowest BCUT2D eigenvalue weighted by Gasteiger charge is -2.32. The number of carbonyl (C=O) groups is 1. The molecule has 6 heteroatoms. The van der Waals surface area contributed by atoms with E-state index in [1.54, 1.807) is 0 Å². The number of carbonyl (C=O) groups excluding carboxylic acids is 1. The first-order valence-electron chi connectivity index (χ1n) is 5.50. The van der Waals surface area contributed by atoms with Gasteiger partial charge in [-0.05, 0) is 32.9 Å². The van der Waals surface area contributed by atoms with Gasteiger partial charge in [-0.3, -0.25) is 9.69 Å². The molecule has 94 valence electrons. The monoisotopic (exact) mass is 238 g/mol. The van der Waals surface area contributed by atoms with Crippen LogP contribution in [0.4, 0.5) is 13.2 Å². The number of rotatable bonds is 3. The molecule has 1 amide bonds. The average Bonchev–Trinajstić information content (AvgIpc) is 2.25. The number of likely N-dealkylation sites (tertiary alicyclic amines) is 1. The van der Waals surface area contributed by atoms with E-state index >= 15 is 0 Å². The van der Waals surface area contributed by atoms with Gasteiger partial charge in [0.25, 0.3) is 0 Å². The van der Waals surface area contributed by atoms with Crippen LogP contribution in [-0.2, 0) is 4.79 Å². The van der Waals surface area contributed by atoms with Crippen LogP contribution in [0.2, 0.25) is 0 Å². The van der Waals surface area contributed by atoms with Crippen LogP contribution in [0.5, 0.6) is 0 Å². The number of nitrogens with one attached hydrogen (secondary N) is 1. The van der Waals surface area contributed by atoms with E-state index in [1.807, 2.05) is 12.2 Å². The van der Waals surface area contributed by atoms with Crippen molar-refractivity contribution in [3.63, 3.8) is 0 Å². The van der Waals surface area contributed by atoms with Gasteiger partial charge in [0.05, 0.1) is 0 Å². The van der Waals surface area contributed by atoms with Crippen molar-refractivity contribution >= 4 is 5.91 Å². The summed E-state index contributed by atoms with van der Waals surface area (Å²) in [6.45, 7) is 3.70. The van der Waals surface area contributed by atoms with Gasteiger partial charge in [-0.1, -0.05) is 6.42 Å². The Kier molecular flexibility index (Phi) is 4.58. The predicted octanol–water partition coefficient (Wildman–Crippen LogP) is 1.54. The maximum atomic E-state index is 11.9. The molecule has 1 saturated heterocycles. The van der Waals surface area contributed by atoms with Crippen LogP contribution < -0.4 is 5.32 Å². The molecule has 0 spiro atoms. The second-order valence-electron chi connectivity index (χ2n) is 4.15. The van der Waals surface area contributed by atoms with E-state index < -0.39 is 12.1 Å². The largest absolute Gasteiger partial charge is 0.471 e. The van der Waals surface area contributed by atoms with Gasteiger partial charge in [-0.2, -0.15) is 13.2 Å². The third-order valence-corrected chi connectivity index (χ3v) is 2.83. The van der Waals surface area contributed by atoms with E-state index in [9.17, 15) is 18.0 Å². The second-order valence-corrected chi connectivity index (χ2v) is 4.15. The minimum atomic E-state index is -4.78. The molecule has 0 aromatic carbocycles. The maximum Gasteiger partial charge on any atom is 0.471 e. The van der Waals surface area contributed by atoms with Crippen LogP contribution in [0.25, 0.3) is 0 Å². The first-order valence-corrected chi connectivity index (χ1v) is 5.50. The average molecular weight is 238 g/mol. The van der Waals surface area contributed by atoms with Gasteiger partial charge in [0.15, 0.2) is 0 Å². The molecule has 1 fully saturated rings. The lowest BCUT2D eigenvalue weighted by Crippen LogP contribution is -2.47. The summed E-state index contributed by atoms with van der Waals surface area (Å²) in [4.78, 5) is 12.7. The quantitative estimate of drug-likeness (QED) is 0.809. The summed E-state index contributed by atoms with van der Waals surface area (Å²) in [5, 5.41) is 1.91. The normalized spacial score (nSPS) is 20.5. The van der Waals surface area contributed by atoms with Crippen molar-refractivity contribution < 1.29 is 18.0 Å². The molecule has 1 atom stereocenters. The van der Waals surface area contributed by atoms with E-state index in [1.165, 1.54) is 6.42 Å². The summed E-state index contributed by atoms with van der Waals surface area (Å²) >= 11 is 0. The molecule has 3 nitrogen and oxygen atoms in total. The standard InChI is InChI=1S/C10H17F3N2O/c1-8(15-5-3-2-4-6-15)7-14-9(16)10(11,12)13/h8H,2-7H2,1H3,(H,14,16). The Morgan fingerprint density at radius 3 is 2.38 bits per heavy atom. The Labute approximate surface area is 93.0 Å². The molecule has 1 rings (SSSR count). The lowest BCUT2D eigenvalue weighted by molar-refractivity contribution is -0.173. The van der Waals surface area contributed by atoms with Crippen molar-refractivity contribution in [2.45, 2.75) is 38.4 Å². The van der Waals surface area contributed by atoms with E-state index in [4.69, 9.17) is 0 Å². The fraction of sp³-hybridized carbons (Fsp3) is 0.900. The highest BCUT2D eigenvalue weighted by Gasteiger charge is 2.38. The lowest BCUT2D eigenvalue weighted by atomic mass is 10.1. The van der Waals surface area contributed by atoms with E-state index in [-0.39, 0.29) is 12.6 Å². The third-order valence-electron chi connectivity index (χ3n) is 2.83. The Hall–Kier alpha value is -0.780. The molecule has 0 saturated carbocycles. The highest BCUT2D eigenvalue weighted by atomic mass is 19.4. The van der Waals surface area contributed by atoms with Gasteiger partial charge in [-0.25, -0.2) is 0 Å². The van der Waals surface area contributed by atoms with E-state index in [0.29, 0.717) is 0 Å². The number of halogens is 3. The molecule has 1 aliphatic heterocycles. The number of alkyl halides is 3. The number of piperidine rings is 1. The minimum absolute atomic E-state index is 0.0356. The van der Waals surface area contributed by atoms with Crippen molar-refractivity contribution in [3.05, 3.63) is 0 Å². The smallest absolute Gasteiger partial charge is 0.347 e. The van der Waals surface area contributed by atoms with Gasteiger partial charge in [-0.15, -0.1) is 0 Å². The van der Waals surface area contributed by atoms with Crippen LogP contribution in [0.15, 0.2) is 0 Å². The fourth-order valence-electron chi connectivity index (χ4n) is 1.83. The van der Waals surface area contributed by atoms with Gasteiger partial charge in [0.2, 0.25) is 0 Å². The first kappa shape index (κ1) is 13.3. The van der Waals surface area contributed by atoms with Crippen LogP contribution in [0.3, 0.4) is 0 Å². The van der Waals surface area contributed by atoms with Gasteiger partial charge in [0, 0.05) is 12.6 Å². The molecule has 0 aromatic rings. The molecule has 1 aliphatic rings. The molecule has 1 heterocycles. The molecule has 0 aliphatic carbocycles. The predicted molar refractivity (Wildman–Crippen MR) is 54.0 cm³/mol. The first-order chi connectivity index (χ1) is 7.41. The molecular weight excluding hydrogens is 221 g/mol. The topological polar surface area (TPSA) is 32.3 Å². The Bertz CT molecular complexity index is 237. The van der Waals surface area contributed by atoms with Crippen molar-refractivity contribution in [1.82, 2.24) is 10.2 Å². The molecular formula is C10H17F3N2O. The Balaban J connectivity index is 2.29. The van der Waals surface area contributed by atoms with Gasteiger partial charge >= 0.3 is 12.1 Å². The van der Waals surface area contributed by atoms with Crippen LogP contribution >= 0.6 is 0 Å². The van der Waals surface area contributed by atoms with Crippen molar-refractivity contribution in [3.8, 4) is 0 Å². The van der Waals surface area contributed by atoms with E-state index in [0.717, 1.165) is 25.9 Å². The Morgan fingerprint density at radius 1 is 1.31 bits per heavy atom. The molecule has 1 unspecified atom stereocenters. The number of amides is 1. The van der Waals surface area contributed by atoms with Gasteiger partial charge in [0.1, 0.15) is 0 Å². The van der Waals surface area contributed by atoms with Crippen LogP contribution in [-0.4, -0.2) is 42.7 Å². The van der Waals surface area contributed by atoms with Gasteiger partial charge < -0.3 is 5.32 Å². The van der Waals surface area contributed by atoms with Crippen molar-refractivity contribution in [2.24, 2.45) is 0 Å². The molecule has 0 bridgehead atoms. The molecule has 16 heavy (non-hydrogen) atoms. The number of hydrogen-bond donors (Lipinski definition) is 1. The van der Waals surface area contributed by atoms with Crippen molar-refractivity contribution in [2.75, 3.05) is 19.6 Å². The second kappa shape index (κ2) is 5.52. The zero-order chi connectivity index (χ0) is 12.2. The summed E-state index contributed by atoms with van der Waals surface area (Å²) in [6, 6.07) is -0.0356. The molecule has 0 radical (unpaired) electrons. The highest BCUT2D eigenvalue weighted by molar-refractivity contribution is 5.81. The SMILES string of the molecule is CC(CNC(=O)C(F)(F)F)N1CCCCC1. The summed E-state index contributed by atoms with van der Waals surface area (Å²) in [5.74, 6) is -1.85. The summed E-state index contributed by atoms with van der Waals surface area (Å²) in [7, 11) is 0. The zero-order valence-corrected chi connectivity index (χ0v) is 9.31.